The van der Waals surface area contributed by atoms with E-state index in [1.165, 1.54) is 0 Å². The third kappa shape index (κ3) is 5.74. The van der Waals surface area contributed by atoms with Crippen molar-refractivity contribution in [3.63, 3.8) is 0 Å². The Morgan fingerprint density at radius 3 is 2.41 bits per heavy atom. The molecule has 1 aliphatic rings. The largest absolute Gasteiger partial charge is 0.534 e. The summed E-state index contributed by atoms with van der Waals surface area (Å²) in [5.74, 6) is -0.343. The van der Waals surface area contributed by atoms with Crippen molar-refractivity contribution in [3.05, 3.63) is 11.8 Å². The summed E-state index contributed by atoms with van der Waals surface area (Å²) in [5, 5.41) is 2.44. The van der Waals surface area contributed by atoms with E-state index in [4.69, 9.17) is 4.74 Å². The number of halogens is 3. The molecule has 0 radical (unpaired) electrons. The molecule has 0 aromatic rings. The van der Waals surface area contributed by atoms with E-state index in [-0.39, 0.29) is 12.2 Å². The van der Waals surface area contributed by atoms with Crippen molar-refractivity contribution in [2.75, 3.05) is 0 Å². The van der Waals surface area contributed by atoms with Gasteiger partial charge in [-0.2, -0.15) is 21.6 Å². The Labute approximate surface area is 126 Å². The van der Waals surface area contributed by atoms with Gasteiger partial charge in [0, 0.05) is 6.42 Å². The fourth-order valence-corrected chi connectivity index (χ4v) is 2.23. The van der Waals surface area contributed by atoms with Gasteiger partial charge in [0.05, 0.1) is 6.04 Å². The highest BCUT2D eigenvalue weighted by atomic mass is 32.2. The van der Waals surface area contributed by atoms with Crippen molar-refractivity contribution < 1.29 is 35.3 Å². The summed E-state index contributed by atoms with van der Waals surface area (Å²) in [4.78, 5) is 11.6. The molecular formula is C12H18F3NO5S. The van der Waals surface area contributed by atoms with Gasteiger partial charge in [-0.25, -0.2) is 4.79 Å². The SMILES string of the molecule is CC(C)(C)OC(=O)N[C@H]1C=C(OS(=O)(=O)C(F)(F)F)CCC1. The summed E-state index contributed by atoms with van der Waals surface area (Å²) in [6.07, 6.45) is 1.27. The van der Waals surface area contributed by atoms with Gasteiger partial charge in [-0.05, 0) is 39.7 Å². The number of allylic oxidation sites excluding steroid dienone is 1. The van der Waals surface area contributed by atoms with Gasteiger partial charge >= 0.3 is 21.7 Å². The predicted octanol–water partition coefficient (Wildman–Crippen LogP) is 2.81. The summed E-state index contributed by atoms with van der Waals surface area (Å²) in [6.45, 7) is 4.98. The predicted molar refractivity (Wildman–Crippen MR) is 71.2 cm³/mol. The molecule has 1 amide bonds. The van der Waals surface area contributed by atoms with E-state index in [0.29, 0.717) is 12.8 Å². The molecule has 0 bridgehead atoms. The molecule has 0 saturated heterocycles. The first-order chi connectivity index (χ1) is 9.80. The number of alkyl halides is 3. The zero-order valence-electron chi connectivity index (χ0n) is 12.4. The second-order valence-corrected chi connectivity index (χ2v) is 7.30. The molecule has 0 aromatic heterocycles. The van der Waals surface area contributed by atoms with Gasteiger partial charge in [0.25, 0.3) is 0 Å². The number of nitrogens with one attached hydrogen (secondary N) is 1. The van der Waals surface area contributed by atoms with Crippen LogP contribution < -0.4 is 5.32 Å². The van der Waals surface area contributed by atoms with Crippen LogP contribution in [-0.2, 0) is 19.0 Å². The maximum absolute atomic E-state index is 12.3. The molecule has 0 fully saturated rings. The fourth-order valence-electron chi connectivity index (χ4n) is 1.72. The molecule has 0 spiro atoms. The Morgan fingerprint density at radius 1 is 1.32 bits per heavy atom. The van der Waals surface area contributed by atoms with Crippen LogP contribution in [0.4, 0.5) is 18.0 Å². The molecule has 1 rings (SSSR count). The van der Waals surface area contributed by atoms with Crippen molar-refractivity contribution >= 4 is 16.2 Å². The summed E-state index contributed by atoms with van der Waals surface area (Å²) in [7, 11) is -5.69. The van der Waals surface area contributed by atoms with Gasteiger partial charge in [0.1, 0.15) is 11.4 Å². The minimum atomic E-state index is -5.69. The van der Waals surface area contributed by atoms with Crippen molar-refractivity contribution in [1.82, 2.24) is 5.32 Å². The van der Waals surface area contributed by atoms with E-state index in [1.54, 1.807) is 20.8 Å². The zero-order chi connectivity index (χ0) is 17.2. The second kappa shape index (κ2) is 6.35. The van der Waals surface area contributed by atoms with Gasteiger partial charge in [-0.1, -0.05) is 0 Å². The lowest BCUT2D eigenvalue weighted by atomic mass is 10.0. The quantitative estimate of drug-likeness (QED) is 0.628. The summed E-state index contributed by atoms with van der Waals surface area (Å²) < 4.78 is 67.7. The van der Waals surface area contributed by atoms with Crippen LogP contribution in [-0.4, -0.2) is 31.7 Å². The molecule has 10 heteroatoms. The Kier molecular flexibility index (Phi) is 5.37. The van der Waals surface area contributed by atoms with Gasteiger partial charge in [-0.3, -0.25) is 0 Å². The average molecular weight is 345 g/mol. The van der Waals surface area contributed by atoms with E-state index in [1.807, 2.05) is 0 Å². The van der Waals surface area contributed by atoms with Crippen molar-refractivity contribution in [2.24, 2.45) is 0 Å². The molecule has 1 N–H and O–H groups in total. The number of amides is 1. The zero-order valence-corrected chi connectivity index (χ0v) is 13.2. The van der Waals surface area contributed by atoms with Crippen molar-refractivity contribution in [2.45, 2.75) is 57.2 Å². The minimum absolute atomic E-state index is 0.0435. The number of carbonyl (C=O) groups is 1. The molecular weight excluding hydrogens is 327 g/mol. The number of alkyl carbamates (subject to hydrolysis) is 1. The molecule has 0 aromatic carbocycles. The van der Waals surface area contributed by atoms with Gasteiger partial charge in [-0.15, -0.1) is 0 Å². The molecule has 6 nitrogen and oxygen atoms in total. The second-order valence-electron chi connectivity index (χ2n) is 5.76. The number of hydrogen-bond acceptors (Lipinski definition) is 5. The molecule has 1 aliphatic carbocycles. The Bertz CT molecular complexity index is 548. The summed E-state index contributed by atoms with van der Waals surface area (Å²) >= 11 is 0. The Hall–Kier alpha value is -1.45. The van der Waals surface area contributed by atoms with Crippen LogP contribution in [0, 0.1) is 0 Å². The molecule has 1 atom stereocenters. The summed E-state index contributed by atoms with van der Waals surface area (Å²) in [5.41, 5.74) is -6.21. The lowest BCUT2D eigenvalue weighted by Crippen LogP contribution is -2.39. The number of hydrogen-bond donors (Lipinski definition) is 1. The smallest absolute Gasteiger partial charge is 0.444 e. The molecule has 128 valence electrons. The maximum Gasteiger partial charge on any atom is 0.534 e. The van der Waals surface area contributed by atoms with Crippen LogP contribution in [0.5, 0.6) is 0 Å². The normalized spacial score (nSPS) is 20.1. The average Bonchev–Trinajstić information content (AvgIpc) is 2.23. The first-order valence-electron chi connectivity index (χ1n) is 6.51. The third-order valence-electron chi connectivity index (χ3n) is 2.53. The Balaban J connectivity index is 2.72. The van der Waals surface area contributed by atoms with Gasteiger partial charge in [0.15, 0.2) is 0 Å². The fraction of sp³-hybridized carbons (Fsp3) is 0.750. The number of carbonyl (C=O) groups excluding carboxylic acids is 1. The highest BCUT2D eigenvalue weighted by Crippen LogP contribution is 2.29. The maximum atomic E-state index is 12.3. The lowest BCUT2D eigenvalue weighted by Gasteiger charge is -2.25. The highest BCUT2D eigenvalue weighted by Gasteiger charge is 2.49. The first-order valence-corrected chi connectivity index (χ1v) is 7.92. The van der Waals surface area contributed by atoms with Crippen molar-refractivity contribution in [3.8, 4) is 0 Å². The van der Waals surface area contributed by atoms with Crippen molar-refractivity contribution in [1.29, 1.82) is 0 Å². The van der Waals surface area contributed by atoms with Crippen LogP contribution in [0.2, 0.25) is 0 Å². The number of rotatable bonds is 3. The molecule has 22 heavy (non-hydrogen) atoms. The standard InChI is InChI=1S/C12H18F3NO5S/c1-11(2,3)20-10(17)16-8-5-4-6-9(7-8)21-22(18,19)12(13,14)15/h7-8H,4-6H2,1-3H3,(H,16,17)/t8-/m1/s1. The summed E-state index contributed by atoms with van der Waals surface area (Å²) in [6, 6.07) is -0.651. The number of ether oxygens (including phenoxy) is 1. The first kappa shape index (κ1) is 18.6. The monoisotopic (exact) mass is 345 g/mol. The molecule has 0 saturated carbocycles. The van der Waals surface area contributed by atoms with Crippen LogP contribution in [0.1, 0.15) is 40.0 Å². The van der Waals surface area contributed by atoms with E-state index < -0.39 is 33.4 Å². The molecule has 0 unspecified atom stereocenters. The topological polar surface area (TPSA) is 81.7 Å². The van der Waals surface area contributed by atoms with Gasteiger partial charge in [0.2, 0.25) is 0 Å². The lowest BCUT2D eigenvalue weighted by molar-refractivity contribution is -0.0524. The van der Waals surface area contributed by atoms with E-state index >= 15 is 0 Å². The highest BCUT2D eigenvalue weighted by molar-refractivity contribution is 7.87. The minimum Gasteiger partial charge on any atom is -0.444 e. The van der Waals surface area contributed by atoms with E-state index in [2.05, 4.69) is 9.50 Å². The molecule has 0 heterocycles. The van der Waals surface area contributed by atoms with E-state index in [9.17, 15) is 26.4 Å². The third-order valence-corrected chi connectivity index (χ3v) is 3.53. The van der Waals surface area contributed by atoms with E-state index in [0.717, 1.165) is 6.08 Å². The van der Waals surface area contributed by atoms with Crippen LogP contribution in [0.3, 0.4) is 0 Å². The van der Waals surface area contributed by atoms with Crippen LogP contribution in [0.15, 0.2) is 11.8 Å². The van der Waals surface area contributed by atoms with Crippen LogP contribution in [0.25, 0.3) is 0 Å². The Morgan fingerprint density at radius 2 is 1.91 bits per heavy atom. The van der Waals surface area contributed by atoms with Gasteiger partial charge < -0.3 is 14.2 Å². The molecule has 0 aliphatic heterocycles. The van der Waals surface area contributed by atoms with Crippen LogP contribution >= 0.6 is 0 Å².